The van der Waals surface area contributed by atoms with Crippen LogP contribution in [0.15, 0.2) is 5.03 Å². The van der Waals surface area contributed by atoms with Gasteiger partial charge in [-0.15, -0.1) is 11.8 Å². The lowest BCUT2D eigenvalue weighted by molar-refractivity contribution is 0.129. The minimum Gasteiger partial charge on any atom is -0.395 e. The molecule has 0 radical (unpaired) electrons. The molecule has 1 unspecified atom stereocenters. The molecule has 1 saturated heterocycles. The van der Waals surface area contributed by atoms with Gasteiger partial charge in [-0.25, -0.2) is 0 Å². The summed E-state index contributed by atoms with van der Waals surface area (Å²) in [5.41, 5.74) is 7.77. The van der Waals surface area contributed by atoms with E-state index in [1.807, 2.05) is 11.6 Å². The number of rotatable bonds is 4. The number of ether oxygens (including phenoxy) is 1. The van der Waals surface area contributed by atoms with Crippen molar-refractivity contribution in [2.45, 2.75) is 44.4 Å². The van der Waals surface area contributed by atoms with Crippen molar-refractivity contribution in [1.82, 2.24) is 9.78 Å². The van der Waals surface area contributed by atoms with E-state index in [1.54, 1.807) is 11.8 Å². The van der Waals surface area contributed by atoms with E-state index in [2.05, 4.69) is 12.0 Å². The summed E-state index contributed by atoms with van der Waals surface area (Å²) in [6.45, 7) is 5.82. The molecule has 0 aliphatic carbocycles. The third-order valence-electron chi connectivity index (χ3n) is 2.85. The first-order chi connectivity index (χ1) is 7.72. The van der Waals surface area contributed by atoms with Crippen molar-refractivity contribution >= 4 is 17.4 Å². The molecule has 0 amide bonds. The van der Waals surface area contributed by atoms with Crippen molar-refractivity contribution in [2.75, 3.05) is 18.1 Å². The van der Waals surface area contributed by atoms with Crippen LogP contribution in [0, 0.1) is 6.92 Å². The topological polar surface area (TPSA) is 53.1 Å². The largest absolute Gasteiger partial charge is 0.395 e. The Morgan fingerprint density at radius 1 is 1.62 bits per heavy atom. The number of aryl methyl sites for hydroxylation is 2. The van der Waals surface area contributed by atoms with Gasteiger partial charge in [-0.2, -0.15) is 5.10 Å². The van der Waals surface area contributed by atoms with Crippen LogP contribution in [0.5, 0.6) is 0 Å². The molecule has 0 spiro atoms. The minimum absolute atomic E-state index is 0.393. The quantitative estimate of drug-likeness (QED) is 0.820. The third-order valence-corrected chi connectivity index (χ3v) is 4.10. The first kappa shape index (κ1) is 11.8. The number of thioether (sulfide) groups is 1. The van der Waals surface area contributed by atoms with Crippen LogP contribution in [-0.2, 0) is 11.3 Å². The number of nitrogens with two attached hydrogens (primary N) is 1. The zero-order valence-corrected chi connectivity index (χ0v) is 10.7. The summed E-state index contributed by atoms with van der Waals surface area (Å²) in [7, 11) is 0. The fourth-order valence-electron chi connectivity index (χ4n) is 1.89. The molecule has 0 bridgehead atoms. The van der Waals surface area contributed by atoms with Crippen molar-refractivity contribution in [2.24, 2.45) is 0 Å². The standard InChI is InChI=1S/C11H19N3OS/c1-3-14-11(10(12)8(2)13-14)16-7-9-5-4-6-15-9/h9H,3-7,12H2,1-2H3. The van der Waals surface area contributed by atoms with Crippen molar-refractivity contribution in [1.29, 1.82) is 0 Å². The van der Waals surface area contributed by atoms with Gasteiger partial charge in [0.1, 0.15) is 5.03 Å². The Hall–Kier alpha value is -0.680. The third kappa shape index (κ3) is 2.35. The lowest BCUT2D eigenvalue weighted by Crippen LogP contribution is -2.09. The molecule has 1 aromatic rings. The molecule has 0 saturated carbocycles. The normalized spacial score (nSPS) is 20.5. The van der Waals surface area contributed by atoms with E-state index < -0.39 is 0 Å². The van der Waals surface area contributed by atoms with Gasteiger partial charge in [0.25, 0.3) is 0 Å². The molecule has 0 aromatic carbocycles. The Morgan fingerprint density at radius 3 is 3.06 bits per heavy atom. The highest BCUT2D eigenvalue weighted by atomic mass is 32.2. The van der Waals surface area contributed by atoms with Crippen molar-refractivity contribution < 1.29 is 4.74 Å². The van der Waals surface area contributed by atoms with Crippen molar-refractivity contribution in [3.05, 3.63) is 5.69 Å². The summed E-state index contributed by atoms with van der Waals surface area (Å²) in [6, 6.07) is 0. The summed E-state index contributed by atoms with van der Waals surface area (Å²) in [6.07, 6.45) is 2.75. The van der Waals surface area contributed by atoms with E-state index in [1.165, 1.54) is 12.8 Å². The van der Waals surface area contributed by atoms with Gasteiger partial charge in [0.2, 0.25) is 0 Å². The molecular formula is C11H19N3OS. The fourth-order valence-corrected chi connectivity index (χ4v) is 3.12. The summed E-state index contributed by atoms with van der Waals surface area (Å²) < 4.78 is 7.58. The van der Waals surface area contributed by atoms with Crippen LogP contribution >= 0.6 is 11.8 Å². The number of nitrogens with zero attached hydrogens (tertiary/aromatic N) is 2. The molecule has 1 fully saturated rings. The van der Waals surface area contributed by atoms with Gasteiger partial charge in [0.05, 0.1) is 17.5 Å². The SMILES string of the molecule is CCn1nc(C)c(N)c1SCC1CCCO1. The smallest absolute Gasteiger partial charge is 0.117 e. The highest BCUT2D eigenvalue weighted by Crippen LogP contribution is 2.30. The van der Waals surface area contributed by atoms with Crippen molar-refractivity contribution in [3.8, 4) is 0 Å². The predicted octanol–water partition coefficient (Wildman–Crippen LogP) is 2.06. The molecule has 1 atom stereocenters. The Bertz CT molecular complexity index is 358. The summed E-state index contributed by atoms with van der Waals surface area (Å²) in [5.74, 6) is 0.981. The Labute approximate surface area is 101 Å². The molecule has 2 heterocycles. The maximum absolute atomic E-state index is 6.02. The molecule has 2 N–H and O–H groups in total. The molecule has 1 aliphatic heterocycles. The maximum Gasteiger partial charge on any atom is 0.117 e. The van der Waals surface area contributed by atoms with Crippen LogP contribution in [0.4, 0.5) is 5.69 Å². The van der Waals surface area contributed by atoms with Crippen LogP contribution < -0.4 is 5.73 Å². The number of aromatic nitrogens is 2. The first-order valence-corrected chi connectivity index (χ1v) is 6.78. The van der Waals surface area contributed by atoms with Gasteiger partial charge in [0.15, 0.2) is 0 Å². The second-order valence-corrected chi connectivity index (χ2v) is 5.07. The van der Waals surface area contributed by atoms with Crippen molar-refractivity contribution in [3.63, 3.8) is 0 Å². The van der Waals surface area contributed by atoms with Crippen LogP contribution in [-0.4, -0.2) is 28.2 Å². The molecule has 4 nitrogen and oxygen atoms in total. The zero-order valence-electron chi connectivity index (χ0n) is 9.90. The minimum atomic E-state index is 0.393. The van der Waals surface area contributed by atoms with Gasteiger partial charge in [-0.1, -0.05) is 0 Å². The molecule has 5 heteroatoms. The maximum atomic E-state index is 6.02. The first-order valence-electron chi connectivity index (χ1n) is 5.79. The molecular weight excluding hydrogens is 222 g/mol. The average Bonchev–Trinajstić information content (AvgIpc) is 2.87. The Balaban J connectivity index is 2.01. The van der Waals surface area contributed by atoms with Crippen LogP contribution in [0.25, 0.3) is 0 Å². The second kappa shape index (κ2) is 5.10. The molecule has 90 valence electrons. The van der Waals surface area contributed by atoms with E-state index in [-0.39, 0.29) is 0 Å². The summed E-state index contributed by atoms with van der Waals surface area (Å²) in [5, 5.41) is 5.50. The number of anilines is 1. The van der Waals surface area contributed by atoms with Gasteiger partial charge in [-0.05, 0) is 26.7 Å². The zero-order chi connectivity index (χ0) is 11.5. The van der Waals surface area contributed by atoms with Crippen LogP contribution in [0.1, 0.15) is 25.5 Å². The Kier molecular flexibility index (Phi) is 3.76. The predicted molar refractivity (Wildman–Crippen MR) is 66.7 cm³/mol. The number of hydrogen-bond donors (Lipinski definition) is 1. The van der Waals surface area contributed by atoms with Gasteiger partial charge in [-0.3, -0.25) is 4.68 Å². The van der Waals surface area contributed by atoms with Gasteiger partial charge < -0.3 is 10.5 Å². The number of nitrogen functional groups attached to an aromatic ring is 1. The average molecular weight is 241 g/mol. The van der Waals surface area contributed by atoms with Gasteiger partial charge in [0, 0.05) is 18.9 Å². The molecule has 1 aromatic heterocycles. The highest BCUT2D eigenvalue weighted by molar-refractivity contribution is 7.99. The lowest BCUT2D eigenvalue weighted by atomic mass is 10.3. The summed E-state index contributed by atoms with van der Waals surface area (Å²) >= 11 is 1.77. The van der Waals surface area contributed by atoms with E-state index in [9.17, 15) is 0 Å². The lowest BCUT2D eigenvalue weighted by Gasteiger charge is -2.10. The van der Waals surface area contributed by atoms with Gasteiger partial charge >= 0.3 is 0 Å². The van der Waals surface area contributed by atoms with E-state index in [4.69, 9.17) is 10.5 Å². The monoisotopic (exact) mass is 241 g/mol. The second-order valence-electron chi connectivity index (χ2n) is 4.07. The number of hydrogen-bond acceptors (Lipinski definition) is 4. The fraction of sp³-hybridized carbons (Fsp3) is 0.727. The molecule has 16 heavy (non-hydrogen) atoms. The highest BCUT2D eigenvalue weighted by Gasteiger charge is 2.18. The molecule has 2 rings (SSSR count). The van der Waals surface area contributed by atoms with E-state index in [0.717, 1.165) is 35.3 Å². The molecule has 1 aliphatic rings. The van der Waals surface area contributed by atoms with Crippen LogP contribution in [0.3, 0.4) is 0 Å². The summed E-state index contributed by atoms with van der Waals surface area (Å²) in [4.78, 5) is 0. The Morgan fingerprint density at radius 2 is 2.44 bits per heavy atom. The van der Waals surface area contributed by atoms with Crippen LogP contribution in [0.2, 0.25) is 0 Å². The van der Waals surface area contributed by atoms with E-state index in [0.29, 0.717) is 6.10 Å². The van der Waals surface area contributed by atoms with E-state index >= 15 is 0 Å².